The third kappa shape index (κ3) is 3.10. The number of nitrogens with zero attached hydrogens (tertiary/aromatic N) is 5. The van der Waals surface area contributed by atoms with Crippen molar-refractivity contribution >= 4 is 16.5 Å². The molecule has 2 aliphatic carbocycles. The van der Waals surface area contributed by atoms with E-state index in [1.54, 1.807) is 16.0 Å². The third-order valence-corrected chi connectivity index (χ3v) is 6.84. The second-order valence-electron chi connectivity index (χ2n) is 7.62. The van der Waals surface area contributed by atoms with Crippen LogP contribution in [0.25, 0.3) is 0 Å². The SMILES string of the molecule is O=c1cc2c(nn1CC1CCN(c3nnc(C4CC4)s3)CC1)CCC2. The van der Waals surface area contributed by atoms with Crippen molar-refractivity contribution < 1.29 is 0 Å². The number of hydrogen-bond donors (Lipinski definition) is 0. The van der Waals surface area contributed by atoms with Crippen LogP contribution in [0.3, 0.4) is 0 Å². The number of fused-ring (bicyclic) bond motifs is 1. The van der Waals surface area contributed by atoms with Gasteiger partial charge in [0.1, 0.15) is 5.01 Å². The van der Waals surface area contributed by atoms with Gasteiger partial charge in [0.2, 0.25) is 5.13 Å². The van der Waals surface area contributed by atoms with Gasteiger partial charge >= 0.3 is 0 Å². The summed E-state index contributed by atoms with van der Waals surface area (Å²) in [6.07, 6.45) is 7.90. The second-order valence-corrected chi connectivity index (χ2v) is 8.61. The molecule has 7 heteroatoms. The summed E-state index contributed by atoms with van der Waals surface area (Å²) in [6, 6.07) is 1.81. The van der Waals surface area contributed by atoms with Crippen LogP contribution < -0.4 is 10.5 Å². The van der Waals surface area contributed by atoms with Crippen LogP contribution in [-0.4, -0.2) is 33.1 Å². The number of anilines is 1. The molecule has 0 aromatic carbocycles. The minimum atomic E-state index is 0.0706. The molecule has 1 aliphatic heterocycles. The van der Waals surface area contributed by atoms with Crippen molar-refractivity contribution in [3.05, 3.63) is 32.7 Å². The van der Waals surface area contributed by atoms with Crippen molar-refractivity contribution in [2.45, 2.75) is 57.4 Å². The zero-order chi connectivity index (χ0) is 16.8. The fraction of sp³-hybridized carbons (Fsp3) is 0.667. The van der Waals surface area contributed by atoms with Gasteiger partial charge in [-0.3, -0.25) is 4.79 Å². The molecule has 2 aromatic heterocycles. The minimum absolute atomic E-state index is 0.0706. The van der Waals surface area contributed by atoms with E-state index in [9.17, 15) is 4.79 Å². The summed E-state index contributed by atoms with van der Waals surface area (Å²) in [6.45, 7) is 2.76. The Hall–Kier alpha value is -1.76. The van der Waals surface area contributed by atoms with Gasteiger partial charge in [0, 0.05) is 31.6 Å². The topological polar surface area (TPSA) is 63.9 Å². The summed E-state index contributed by atoms with van der Waals surface area (Å²) < 4.78 is 1.71. The molecular formula is C18H23N5OS. The lowest BCUT2D eigenvalue weighted by molar-refractivity contribution is 0.333. The summed E-state index contributed by atoms with van der Waals surface area (Å²) in [7, 11) is 0. The maximum absolute atomic E-state index is 12.3. The molecule has 0 unspecified atom stereocenters. The highest BCUT2D eigenvalue weighted by atomic mass is 32.1. The van der Waals surface area contributed by atoms with Crippen LogP contribution in [-0.2, 0) is 19.4 Å². The Morgan fingerprint density at radius 2 is 1.96 bits per heavy atom. The number of aryl methyl sites for hydroxylation is 2. The smallest absolute Gasteiger partial charge is 0.267 e. The Balaban J connectivity index is 1.22. The van der Waals surface area contributed by atoms with Gasteiger partial charge in [0.25, 0.3) is 5.56 Å². The van der Waals surface area contributed by atoms with Gasteiger partial charge in [-0.15, -0.1) is 10.2 Å². The van der Waals surface area contributed by atoms with Crippen molar-refractivity contribution in [3.63, 3.8) is 0 Å². The molecule has 0 bridgehead atoms. The fourth-order valence-electron chi connectivity index (χ4n) is 3.97. The standard InChI is InChI=1S/C18H23N5OS/c24-16-10-14-2-1-3-15(14)21-23(16)11-12-6-8-22(9-7-12)18-20-19-17(25-18)13-4-5-13/h10,12-13H,1-9,11H2. The molecular weight excluding hydrogens is 334 g/mol. The van der Waals surface area contributed by atoms with Crippen molar-refractivity contribution in [1.82, 2.24) is 20.0 Å². The lowest BCUT2D eigenvalue weighted by atomic mass is 9.97. The van der Waals surface area contributed by atoms with Gasteiger partial charge in [-0.25, -0.2) is 4.68 Å². The molecule has 0 radical (unpaired) electrons. The lowest BCUT2D eigenvalue weighted by Gasteiger charge is -2.31. The summed E-state index contributed by atoms with van der Waals surface area (Å²) in [5.74, 6) is 1.21. The molecule has 3 aliphatic rings. The van der Waals surface area contributed by atoms with E-state index < -0.39 is 0 Å². The molecule has 25 heavy (non-hydrogen) atoms. The molecule has 6 nitrogen and oxygen atoms in total. The molecule has 1 saturated heterocycles. The first-order valence-corrected chi connectivity index (χ1v) is 10.3. The maximum Gasteiger partial charge on any atom is 0.267 e. The molecule has 5 rings (SSSR count). The van der Waals surface area contributed by atoms with E-state index >= 15 is 0 Å². The Labute approximate surface area is 150 Å². The van der Waals surface area contributed by atoms with Gasteiger partial charge in [0.05, 0.1) is 5.69 Å². The normalized spacial score (nSPS) is 20.9. The summed E-state index contributed by atoms with van der Waals surface area (Å²) in [5.41, 5.74) is 2.37. The van der Waals surface area contributed by atoms with Crippen LogP contribution in [0.1, 0.15) is 54.3 Å². The average Bonchev–Trinajstić information content (AvgIpc) is 3.18. The summed E-state index contributed by atoms with van der Waals surface area (Å²) in [5, 5.41) is 15.7. The van der Waals surface area contributed by atoms with Crippen molar-refractivity contribution in [2.24, 2.45) is 5.92 Å². The van der Waals surface area contributed by atoms with Gasteiger partial charge < -0.3 is 4.90 Å². The Morgan fingerprint density at radius 3 is 2.76 bits per heavy atom. The average molecular weight is 357 g/mol. The van der Waals surface area contributed by atoms with E-state index in [0.29, 0.717) is 11.8 Å². The van der Waals surface area contributed by atoms with E-state index in [1.165, 1.54) is 23.4 Å². The van der Waals surface area contributed by atoms with E-state index in [0.717, 1.165) is 62.6 Å². The highest BCUT2D eigenvalue weighted by Crippen LogP contribution is 2.42. The first-order valence-electron chi connectivity index (χ1n) is 9.44. The van der Waals surface area contributed by atoms with Crippen LogP contribution in [0.5, 0.6) is 0 Å². The second kappa shape index (κ2) is 6.20. The van der Waals surface area contributed by atoms with Gasteiger partial charge in [-0.05, 0) is 56.4 Å². The van der Waals surface area contributed by atoms with E-state index in [-0.39, 0.29) is 5.56 Å². The van der Waals surface area contributed by atoms with E-state index in [1.807, 2.05) is 6.07 Å². The Morgan fingerprint density at radius 1 is 1.12 bits per heavy atom. The van der Waals surface area contributed by atoms with Crippen LogP contribution in [0, 0.1) is 5.92 Å². The quantitative estimate of drug-likeness (QED) is 0.841. The highest BCUT2D eigenvalue weighted by molar-refractivity contribution is 7.15. The van der Waals surface area contributed by atoms with Gasteiger partial charge in [-0.2, -0.15) is 5.10 Å². The maximum atomic E-state index is 12.3. The molecule has 3 heterocycles. The lowest BCUT2D eigenvalue weighted by Crippen LogP contribution is -2.37. The van der Waals surface area contributed by atoms with Crippen molar-refractivity contribution in [1.29, 1.82) is 0 Å². The zero-order valence-corrected chi connectivity index (χ0v) is 15.2. The summed E-state index contributed by atoms with van der Waals surface area (Å²) >= 11 is 1.77. The van der Waals surface area contributed by atoms with Crippen molar-refractivity contribution in [2.75, 3.05) is 18.0 Å². The number of piperidine rings is 1. The number of aromatic nitrogens is 4. The van der Waals surface area contributed by atoms with Crippen LogP contribution in [0.4, 0.5) is 5.13 Å². The van der Waals surface area contributed by atoms with Gasteiger partial charge in [0.15, 0.2) is 0 Å². The highest BCUT2D eigenvalue weighted by Gasteiger charge is 2.29. The number of rotatable bonds is 4. The zero-order valence-electron chi connectivity index (χ0n) is 14.4. The molecule has 2 fully saturated rings. The first kappa shape index (κ1) is 15.5. The molecule has 2 aromatic rings. The van der Waals surface area contributed by atoms with Crippen molar-refractivity contribution in [3.8, 4) is 0 Å². The Bertz CT molecular complexity index is 832. The number of hydrogen-bond acceptors (Lipinski definition) is 6. The largest absolute Gasteiger partial charge is 0.347 e. The molecule has 0 N–H and O–H groups in total. The minimum Gasteiger partial charge on any atom is -0.347 e. The molecule has 0 atom stereocenters. The monoisotopic (exact) mass is 357 g/mol. The molecule has 1 saturated carbocycles. The summed E-state index contributed by atoms with van der Waals surface area (Å²) in [4.78, 5) is 14.6. The third-order valence-electron chi connectivity index (χ3n) is 5.70. The molecule has 132 valence electrons. The Kier molecular flexibility index (Phi) is 3.84. The van der Waals surface area contributed by atoms with E-state index in [2.05, 4.69) is 20.2 Å². The first-order chi connectivity index (χ1) is 12.3. The van der Waals surface area contributed by atoms with Gasteiger partial charge in [-0.1, -0.05) is 11.3 Å². The van der Waals surface area contributed by atoms with E-state index in [4.69, 9.17) is 0 Å². The van der Waals surface area contributed by atoms with Crippen LogP contribution in [0.15, 0.2) is 10.9 Å². The fourth-order valence-corrected chi connectivity index (χ4v) is 5.04. The predicted octanol–water partition coefficient (Wildman–Crippen LogP) is 2.38. The van der Waals surface area contributed by atoms with Crippen LogP contribution >= 0.6 is 11.3 Å². The molecule has 0 spiro atoms. The van der Waals surface area contributed by atoms with Crippen LogP contribution in [0.2, 0.25) is 0 Å². The predicted molar refractivity (Wildman–Crippen MR) is 97.3 cm³/mol. The molecule has 0 amide bonds.